The third-order valence-electron chi connectivity index (χ3n) is 24.5. The summed E-state index contributed by atoms with van der Waals surface area (Å²) >= 11 is 0. The Kier molecular flexibility index (Phi) is 21.0. The number of pyridine rings is 2. The molecule has 2 saturated carbocycles. The number of nitrogens with one attached hydrogen (secondary N) is 4. The zero-order valence-electron chi connectivity index (χ0n) is 69.4. The highest BCUT2D eigenvalue weighted by atomic mass is 16.6. The van der Waals surface area contributed by atoms with E-state index in [2.05, 4.69) is 114 Å². The molecule has 2 aliphatic carbocycles. The van der Waals surface area contributed by atoms with E-state index >= 15 is 28.8 Å². The zero-order valence-corrected chi connectivity index (χ0v) is 69.4. The van der Waals surface area contributed by atoms with Gasteiger partial charge in [-0.15, -0.1) is 0 Å². The van der Waals surface area contributed by atoms with Crippen LogP contribution in [0.1, 0.15) is 209 Å². The van der Waals surface area contributed by atoms with E-state index in [4.69, 9.17) is 28.4 Å². The standard InChI is InChI=1S/C98H104N8O12/c1-95(2,3)57-19-27-65(28-20-57)115-77-47-71-81-72(92(110)105(91(71)109)75(43-55-35-39-99-40-36-55)89(107)103-63-17-13-15-61(45-63)101-51-69-53-113-69)49-79(117-67-31-23-59(24-32-67)97(7,8)9)85-86-80(118-68-33-25-60(26-34-68)98(10,11)12)50-74-82-73(48-78(84(88(82)86)83(77)87(81)85)116-66-29-21-58(22-30-66)96(4,5)6)93(111)106(94(74)112)76(44-56-37-41-100-42-38-56)90(108)104-64-18-14-16-62(46-64)102-52-70-54-114-70/h19-42,47-50,61-64,69-70,75-76,101-102H,13-18,43-46,51-54H2,1-12H3,(H,103,107)(H,104,108). The normalized spacial score (nSPS) is 20.0. The van der Waals surface area contributed by atoms with Gasteiger partial charge < -0.3 is 49.7 Å². The van der Waals surface area contributed by atoms with Crippen LogP contribution in [0.5, 0.6) is 46.0 Å². The van der Waals surface area contributed by atoms with Crippen LogP contribution in [-0.2, 0) is 53.6 Å². The lowest BCUT2D eigenvalue weighted by Gasteiger charge is -2.37. The van der Waals surface area contributed by atoms with Gasteiger partial charge in [0.15, 0.2) is 0 Å². The van der Waals surface area contributed by atoms with Gasteiger partial charge in [-0.2, -0.15) is 0 Å². The van der Waals surface area contributed by atoms with Gasteiger partial charge in [0, 0.05) is 118 Å². The second kappa shape index (κ2) is 31.3. The Morgan fingerprint density at radius 1 is 0.381 bits per heavy atom. The largest absolute Gasteiger partial charge is 0.457 e. The molecular formula is C98H104N8O12. The predicted octanol–water partition coefficient (Wildman–Crippen LogP) is 18.1. The van der Waals surface area contributed by atoms with Gasteiger partial charge >= 0.3 is 0 Å². The molecule has 6 heterocycles. The van der Waals surface area contributed by atoms with Crippen LogP contribution in [0, 0.1) is 0 Å². The lowest BCUT2D eigenvalue weighted by molar-refractivity contribution is -0.126. The van der Waals surface area contributed by atoms with Crippen LogP contribution >= 0.6 is 0 Å². The number of hydrogen-bond acceptors (Lipinski definition) is 16. The highest BCUT2D eigenvalue weighted by Crippen LogP contribution is 2.59. The van der Waals surface area contributed by atoms with Crippen molar-refractivity contribution in [3.05, 3.63) is 226 Å². The van der Waals surface area contributed by atoms with Gasteiger partial charge in [-0.25, -0.2) is 0 Å². The summed E-state index contributed by atoms with van der Waals surface area (Å²) < 4.78 is 41.1. The first-order valence-electron chi connectivity index (χ1n) is 41.8. The minimum absolute atomic E-state index is 0.0376. The topological polar surface area (TPSA) is 245 Å². The first kappa shape index (κ1) is 79.3. The van der Waals surface area contributed by atoms with E-state index in [0.29, 0.717) is 118 Å². The molecule has 20 nitrogen and oxygen atoms in total. The third-order valence-corrected chi connectivity index (χ3v) is 24.5. The van der Waals surface area contributed by atoms with Gasteiger partial charge in [-0.3, -0.25) is 48.5 Å². The molecule has 8 unspecified atom stereocenters. The van der Waals surface area contributed by atoms with Crippen molar-refractivity contribution < 1.29 is 57.2 Å². The summed E-state index contributed by atoms with van der Waals surface area (Å²) in [7, 11) is 0. The number of ether oxygens (including phenoxy) is 6. The van der Waals surface area contributed by atoms with E-state index in [-0.39, 0.29) is 127 Å². The number of epoxide rings is 2. The van der Waals surface area contributed by atoms with Gasteiger partial charge in [0.25, 0.3) is 23.6 Å². The number of hydrogen-bond donors (Lipinski definition) is 4. The van der Waals surface area contributed by atoms with Gasteiger partial charge in [0.1, 0.15) is 58.1 Å². The number of carbonyl (C=O) groups excluding carboxylic acids is 6. The number of fused-ring (bicyclic) bond motifs is 2. The Balaban J connectivity index is 0.954. The van der Waals surface area contributed by atoms with Crippen LogP contribution in [0.15, 0.2) is 170 Å². The lowest BCUT2D eigenvalue weighted by atomic mass is 9.80. The molecule has 6 amide bonds. The van der Waals surface area contributed by atoms with Crippen LogP contribution in [-0.4, -0.2) is 130 Å². The third kappa shape index (κ3) is 16.1. The van der Waals surface area contributed by atoms with Crippen molar-refractivity contribution >= 4 is 78.5 Å². The zero-order chi connectivity index (χ0) is 82.4. The van der Waals surface area contributed by atoms with Crippen molar-refractivity contribution in [3.8, 4) is 46.0 Å². The number of nitrogens with zero attached hydrogens (tertiary/aromatic N) is 4. The summed E-state index contributed by atoms with van der Waals surface area (Å²) in [6.45, 7) is 28.4. The second-order valence-electron chi connectivity index (χ2n) is 37.2. The number of benzene rings is 9. The SMILES string of the molecule is CC(C)(C)c1ccc(Oc2cc3c4c(cc(Oc5ccc(C(C)(C)C)cc5)c5c6c(Oc7ccc(C(C)(C)C)cc7)cc7c8c(cc(Oc9ccc(C(C)(C)C)cc9)c(c2c45)c86)C(=O)N(C(Cc2ccncc2)C(=O)NC2CCCC(NCC4CO4)C2)C7=O)C(=O)N(C(Cc2ccncc2)C(=O)NC2CCCC(NCC4CO4)C2)C3=O)cc1. The second-order valence-corrected chi connectivity index (χ2v) is 37.2. The average Bonchev–Trinajstić information content (AvgIpc) is 0.845. The molecular weight excluding hydrogens is 1480 g/mol. The minimum atomic E-state index is -1.40. The fourth-order valence-electron chi connectivity index (χ4n) is 17.7. The van der Waals surface area contributed by atoms with Crippen LogP contribution < -0.4 is 40.2 Å². The van der Waals surface area contributed by atoms with E-state index < -0.39 is 47.5 Å². The Morgan fingerprint density at radius 2 is 0.644 bits per heavy atom. The minimum Gasteiger partial charge on any atom is -0.457 e. The van der Waals surface area contributed by atoms with Crippen molar-refractivity contribution in [2.24, 2.45) is 0 Å². The van der Waals surface area contributed by atoms with Crippen molar-refractivity contribution in [2.45, 2.75) is 217 Å². The van der Waals surface area contributed by atoms with Crippen molar-refractivity contribution in [1.29, 1.82) is 0 Å². The molecule has 6 aliphatic rings. The molecule has 8 atom stereocenters. The lowest BCUT2D eigenvalue weighted by Crippen LogP contribution is -2.57. The van der Waals surface area contributed by atoms with Crippen molar-refractivity contribution in [1.82, 2.24) is 41.0 Å². The maximum absolute atomic E-state index is 16.9. The molecule has 4 N–H and O–H groups in total. The van der Waals surface area contributed by atoms with Crippen molar-refractivity contribution in [3.63, 3.8) is 0 Å². The molecule has 2 saturated heterocycles. The van der Waals surface area contributed by atoms with Crippen LogP contribution in [0.3, 0.4) is 0 Å². The monoisotopic (exact) mass is 1580 g/mol. The maximum atomic E-state index is 16.9. The fraction of sp³-hybridized carbons (Fsp3) is 0.388. The molecule has 17 rings (SSSR count). The van der Waals surface area contributed by atoms with E-state index in [1.807, 2.05) is 97.1 Å². The summed E-state index contributed by atoms with van der Waals surface area (Å²) in [5.74, 6) is -2.08. The molecule has 0 radical (unpaired) electrons. The van der Waals surface area contributed by atoms with Gasteiger partial charge in [-0.05, 0) is 203 Å². The number of carbonyl (C=O) groups is 6. The molecule has 2 aromatic heterocycles. The summed E-state index contributed by atoms with van der Waals surface area (Å²) in [4.78, 5) is 110. The summed E-state index contributed by atoms with van der Waals surface area (Å²) in [6, 6.07) is 41.6. The molecule has 4 aliphatic heterocycles. The average molecular weight is 1590 g/mol. The fourth-order valence-corrected chi connectivity index (χ4v) is 17.7. The molecule has 9 aromatic carbocycles. The number of amides is 6. The Bertz CT molecular complexity index is 5110. The van der Waals surface area contributed by atoms with Gasteiger partial charge in [0.2, 0.25) is 11.8 Å². The molecule has 4 fully saturated rings. The predicted molar refractivity (Wildman–Crippen MR) is 457 cm³/mol. The molecule has 0 spiro atoms. The Morgan fingerprint density at radius 3 is 0.898 bits per heavy atom. The molecule has 20 heteroatoms. The molecule has 0 bridgehead atoms. The van der Waals surface area contributed by atoms with Crippen LogP contribution in [0.2, 0.25) is 0 Å². The first-order chi connectivity index (χ1) is 56.4. The Hall–Kier alpha value is -11.2. The molecule has 608 valence electrons. The smallest absolute Gasteiger partial charge is 0.262 e. The number of rotatable bonds is 24. The van der Waals surface area contributed by atoms with E-state index in [9.17, 15) is 0 Å². The maximum Gasteiger partial charge on any atom is 0.262 e. The van der Waals surface area contributed by atoms with E-state index in [0.717, 1.165) is 57.7 Å². The van der Waals surface area contributed by atoms with E-state index in [1.54, 1.807) is 73.3 Å². The molecule has 118 heavy (non-hydrogen) atoms. The van der Waals surface area contributed by atoms with Crippen LogP contribution in [0.4, 0.5) is 0 Å². The van der Waals surface area contributed by atoms with E-state index in [1.165, 1.54) is 0 Å². The van der Waals surface area contributed by atoms with Gasteiger partial charge in [-0.1, -0.05) is 132 Å². The summed E-state index contributed by atoms with van der Waals surface area (Å²) in [6.07, 6.45) is 12.9. The summed E-state index contributed by atoms with van der Waals surface area (Å²) in [5, 5.41) is 16.3. The Labute approximate surface area is 688 Å². The summed E-state index contributed by atoms with van der Waals surface area (Å²) in [5.41, 5.74) is 4.50. The highest BCUT2D eigenvalue weighted by Gasteiger charge is 2.48. The number of aromatic nitrogens is 2. The first-order valence-corrected chi connectivity index (χ1v) is 41.8. The quantitative estimate of drug-likeness (QED) is 0.0190. The van der Waals surface area contributed by atoms with Gasteiger partial charge in [0.05, 0.1) is 47.7 Å². The highest BCUT2D eigenvalue weighted by molar-refractivity contribution is 6.45. The number of imide groups is 2. The molecule has 11 aromatic rings. The van der Waals surface area contributed by atoms with Crippen LogP contribution in [0.25, 0.3) is 43.1 Å². The van der Waals surface area contributed by atoms with Crippen molar-refractivity contribution in [2.75, 3.05) is 26.3 Å².